The fourth-order valence-corrected chi connectivity index (χ4v) is 1.47. The van der Waals surface area contributed by atoms with Gasteiger partial charge in [-0.25, -0.2) is 14.4 Å². The second-order valence-electron chi connectivity index (χ2n) is 3.56. The van der Waals surface area contributed by atoms with Crippen molar-refractivity contribution in [1.29, 1.82) is 0 Å². The molecule has 0 aliphatic rings. The van der Waals surface area contributed by atoms with E-state index < -0.39 is 5.91 Å². The molecule has 1 aromatic heterocycles. The summed E-state index contributed by atoms with van der Waals surface area (Å²) in [6.45, 7) is 0.200. The zero-order valence-electron chi connectivity index (χ0n) is 9.43. The van der Waals surface area contributed by atoms with Gasteiger partial charge in [0.2, 0.25) is 0 Å². The quantitative estimate of drug-likeness (QED) is 0.852. The van der Waals surface area contributed by atoms with E-state index in [9.17, 15) is 9.18 Å². The summed E-state index contributed by atoms with van der Waals surface area (Å²) in [6, 6.07) is 6.34. The average Bonchev–Trinajstić information content (AvgIpc) is 2.38. The van der Waals surface area contributed by atoms with Crippen molar-refractivity contribution in [1.82, 2.24) is 9.97 Å². The molecule has 1 amide bonds. The maximum Gasteiger partial charge on any atom is 0.271 e. The molecule has 0 atom stereocenters. The fraction of sp³-hybridized carbons (Fsp3) is 0.0833. The van der Waals surface area contributed by atoms with Gasteiger partial charge in [-0.2, -0.15) is 0 Å². The van der Waals surface area contributed by atoms with Crippen molar-refractivity contribution in [2.24, 2.45) is 5.73 Å². The SMILES string of the molecule is NC(=O)c1nccnc1NCc1ccccc1F. The normalized spacial score (nSPS) is 10.1. The van der Waals surface area contributed by atoms with Crippen LogP contribution in [0, 0.1) is 5.82 Å². The molecule has 5 nitrogen and oxygen atoms in total. The van der Waals surface area contributed by atoms with Crippen LogP contribution in [0.5, 0.6) is 0 Å². The predicted octanol–water partition coefficient (Wildman–Crippen LogP) is 1.33. The van der Waals surface area contributed by atoms with Crippen LogP contribution in [0.25, 0.3) is 0 Å². The number of nitrogens with zero attached hydrogens (tertiary/aromatic N) is 2. The van der Waals surface area contributed by atoms with Gasteiger partial charge in [-0.1, -0.05) is 18.2 Å². The predicted molar refractivity (Wildman–Crippen MR) is 64.3 cm³/mol. The van der Waals surface area contributed by atoms with E-state index in [2.05, 4.69) is 15.3 Å². The Morgan fingerprint density at radius 1 is 1.28 bits per heavy atom. The van der Waals surface area contributed by atoms with Crippen molar-refractivity contribution in [3.8, 4) is 0 Å². The topological polar surface area (TPSA) is 80.9 Å². The van der Waals surface area contributed by atoms with Crippen LogP contribution >= 0.6 is 0 Å². The molecule has 0 unspecified atom stereocenters. The highest BCUT2D eigenvalue weighted by molar-refractivity contribution is 5.95. The Morgan fingerprint density at radius 3 is 2.72 bits per heavy atom. The smallest absolute Gasteiger partial charge is 0.271 e. The molecule has 2 aromatic rings. The Labute approximate surface area is 103 Å². The van der Waals surface area contributed by atoms with E-state index in [0.29, 0.717) is 5.56 Å². The monoisotopic (exact) mass is 246 g/mol. The van der Waals surface area contributed by atoms with Gasteiger partial charge in [0.05, 0.1) is 0 Å². The van der Waals surface area contributed by atoms with Crippen LogP contribution in [-0.2, 0) is 6.54 Å². The number of primary amides is 1. The molecular formula is C12H11FN4O. The molecule has 0 radical (unpaired) electrons. The lowest BCUT2D eigenvalue weighted by molar-refractivity contribution is 0.0996. The Bertz CT molecular complexity index is 574. The molecule has 0 aliphatic carbocycles. The van der Waals surface area contributed by atoms with E-state index in [0.717, 1.165) is 0 Å². The minimum absolute atomic E-state index is 0.0360. The van der Waals surface area contributed by atoms with Gasteiger partial charge < -0.3 is 11.1 Å². The molecule has 92 valence electrons. The molecule has 0 bridgehead atoms. The van der Waals surface area contributed by atoms with Crippen LogP contribution in [0.2, 0.25) is 0 Å². The summed E-state index contributed by atoms with van der Waals surface area (Å²) in [7, 11) is 0. The summed E-state index contributed by atoms with van der Waals surface area (Å²) in [5.74, 6) is -0.762. The van der Waals surface area contributed by atoms with Gasteiger partial charge in [0.1, 0.15) is 5.82 Å². The van der Waals surface area contributed by atoms with Gasteiger partial charge in [0.15, 0.2) is 11.5 Å². The summed E-state index contributed by atoms with van der Waals surface area (Å²) in [6.07, 6.45) is 2.80. The lowest BCUT2D eigenvalue weighted by Crippen LogP contribution is -2.17. The Morgan fingerprint density at radius 2 is 2.00 bits per heavy atom. The molecule has 6 heteroatoms. The third kappa shape index (κ3) is 2.60. The number of amides is 1. The first-order valence-electron chi connectivity index (χ1n) is 5.26. The zero-order valence-corrected chi connectivity index (χ0v) is 9.43. The second-order valence-corrected chi connectivity index (χ2v) is 3.56. The lowest BCUT2D eigenvalue weighted by atomic mass is 10.2. The van der Waals surface area contributed by atoms with Crippen LogP contribution in [0.15, 0.2) is 36.7 Å². The highest BCUT2D eigenvalue weighted by atomic mass is 19.1. The lowest BCUT2D eigenvalue weighted by Gasteiger charge is -2.08. The molecular weight excluding hydrogens is 235 g/mol. The molecule has 0 saturated heterocycles. The molecule has 1 heterocycles. The number of carbonyl (C=O) groups excluding carboxylic acids is 1. The van der Waals surface area contributed by atoms with Crippen molar-refractivity contribution in [2.75, 3.05) is 5.32 Å². The van der Waals surface area contributed by atoms with Crippen LogP contribution in [0.4, 0.5) is 10.2 Å². The molecule has 0 spiro atoms. The number of rotatable bonds is 4. The average molecular weight is 246 g/mol. The van der Waals surface area contributed by atoms with Crippen molar-refractivity contribution in [2.45, 2.75) is 6.54 Å². The molecule has 3 N–H and O–H groups in total. The Kier molecular flexibility index (Phi) is 3.47. The van der Waals surface area contributed by atoms with Gasteiger partial charge in [0, 0.05) is 24.5 Å². The number of carbonyl (C=O) groups is 1. The molecule has 2 rings (SSSR count). The van der Waals surface area contributed by atoms with Gasteiger partial charge in [0.25, 0.3) is 5.91 Å². The first-order valence-corrected chi connectivity index (χ1v) is 5.26. The highest BCUT2D eigenvalue weighted by Gasteiger charge is 2.10. The minimum Gasteiger partial charge on any atom is -0.364 e. The first-order chi connectivity index (χ1) is 8.68. The van der Waals surface area contributed by atoms with Crippen LogP contribution < -0.4 is 11.1 Å². The molecule has 0 aliphatic heterocycles. The molecule has 18 heavy (non-hydrogen) atoms. The number of benzene rings is 1. The van der Waals surface area contributed by atoms with Gasteiger partial charge >= 0.3 is 0 Å². The highest BCUT2D eigenvalue weighted by Crippen LogP contribution is 2.11. The summed E-state index contributed by atoms with van der Waals surface area (Å²) in [5.41, 5.74) is 5.66. The standard InChI is InChI=1S/C12H11FN4O/c13-9-4-2-1-3-8(9)7-17-12-10(11(14)18)15-5-6-16-12/h1-6H,7H2,(H2,14,18)(H,16,17). The first kappa shape index (κ1) is 12.0. The second kappa shape index (κ2) is 5.22. The summed E-state index contributed by atoms with van der Waals surface area (Å²) in [4.78, 5) is 18.9. The van der Waals surface area contributed by atoms with E-state index >= 15 is 0 Å². The number of nitrogens with one attached hydrogen (secondary N) is 1. The van der Waals surface area contributed by atoms with Crippen molar-refractivity contribution in [3.63, 3.8) is 0 Å². The van der Waals surface area contributed by atoms with Gasteiger partial charge in [-0.15, -0.1) is 0 Å². The van der Waals surface area contributed by atoms with Crippen LogP contribution in [-0.4, -0.2) is 15.9 Å². The van der Waals surface area contributed by atoms with Crippen LogP contribution in [0.3, 0.4) is 0 Å². The summed E-state index contributed by atoms with van der Waals surface area (Å²) < 4.78 is 13.4. The number of aromatic nitrogens is 2. The van der Waals surface area contributed by atoms with E-state index in [1.807, 2.05) is 0 Å². The number of hydrogen-bond acceptors (Lipinski definition) is 4. The maximum atomic E-state index is 13.4. The van der Waals surface area contributed by atoms with E-state index in [1.54, 1.807) is 18.2 Å². The Hall–Kier alpha value is -2.50. The molecule has 0 saturated carbocycles. The van der Waals surface area contributed by atoms with Crippen LogP contribution in [0.1, 0.15) is 16.1 Å². The molecule has 1 aromatic carbocycles. The molecule has 0 fully saturated rings. The van der Waals surface area contributed by atoms with E-state index in [-0.39, 0.29) is 23.9 Å². The van der Waals surface area contributed by atoms with Gasteiger partial charge in [-0.3, -0.25) is 4.79 Å². The third-order valence-corrected chi connectivity index (χ3v) is 2.34. The van der Waals surface area contributed by atoms with E-state index in [4.69, 9.17) is 5.73 Å². The summed E-state index contributed by atoms with van der Waals surface area (Å²) >= 11 is 0. The van der Waals surface area contributed by atoms with E-state index in [1.165, 1.54) is 18.5 Å². The minimum atomic E-state index is -0.681. The van der Waals surface area contributed by atoms with Crippen molar-refractivity contribution >= 4 is 11.7 Å². The summed E-state index contributed by atoms with van der Waals surface area (Å²) in [5, 5.41) is 2.84. The number of anilines is 1. The maximum absolute atomic E-state index is 13.4. The largest absolute Gasteiger partial charge is 0.364 e. The zero-order chi connectivity index (χ0) is 13.0. The number of nitrogens with two attached hydrogens (primary N) is 1. The number of halogens is 1. The van der Waals surface area contributed by atoms with Gasteiger partial charge in [-0.05, 0) is 6.07 Å². The third-order valence-electron chi connectivity index (χ3n) is 2.34. The van der Waals surface area contributed by atoms with Crippen molar-refractivity contribution in [3.05, 3.63) is 53.7 Å². The number of hydrogen-bond donors (Lipinski definition) is 2. The van der Waals surface area contributed by atoms with Crippen molar-refractivity contribution < 1.29 is 9.18 Å². The Balaban J connectivity index is 2.16. The fourth-order valence-electron chi connectivity index (χ4n) is 1.47.